The van der Waals surface area contributed by atoms with Gasteiger partial charge in [0.2, 0.25) is 0 Å². The summed E-state index contributed by atoms with van der Waals surface area (Å²) in [6.45, 7) is 2.14. The smallest absolute Gasteiger partial charge is 0.158 e. The molecule has 0 saturated heterocycles. The van der Waals surface area contributed by atoms with Gasteiger partial charge >= 0.3 is 0 Å². The summed E-state index contributed by atoms with van der Waals surface area (Å²) in [5.41, 5.74) is 1.92. The number of hydrogen-bond acceptors (Lipinski definition) is 7. The van der Waals surface area contributed by atoms with Gasteiger partial charge < -0.3 is 10.3 Å². The molecule has 0 spiro atoms. The SMILES string of the molecule is CCC1CC(Nc2cnc(C#N)cn2)CC1C(=N)n1c(=N)cnc2[nH]ccc21. The Hall–Kier alpha value is -3.54. The second-order valence-electron chi connectivity index (χ2n) is 7.06. The highest BCUT2D eigenvalue weighted by Gasteiger charge is 2.37. The summed E-state index contributed by atoms with van der Waals surface area (Å²) < 4.78 is 1.68. The molecular weight excluding hydrogens is 354 g/mol. The summed E-state index contributed by atoms with van der Waals surface area (Å²) in [6, 6.07) is 3.98. The monoisotopic (exact) mass is 375 g/mol. The highest BCUT2D eigenvalue weighted by molar-refractivity contribution is 5.91. The third kappa shape index (κ3) is 3.13. The van der Waals surface area contributed by atoms with Gasteiger partial charge in [0.25, 0.3) is 0 Å². The van der Waals surface area contributed by atoms with Crippen LogP contribution < -0.4 is 10.8 Å². The van der Waals surface area contributed by atoms with Gasteiger partial charge in [-0.25, -0.2) is 15.0 Å². The normalized spacial score (nSPS) is 21.5. The van der Waals surface area contributed by atoms with Gasteiger partial charge in [-0.05, 0) is 24.8 Å². The van der Waals surface area contributed by atoms with Crippen molar-refractivity contribution in [1.82, 2.24) is 24.5 Å². The lowest BCUT2D eigenvalue weighted by Gasteiger charge is -2.21. The van der Waals surface area contributed by atoms with E-state index in [2.05, 4.69) is 32.2 Å². The molecule has 3 heterocycles. The number of nitriles is 1. The lowest BCUT2D eigenvalue weighted by Crippen LogP contribution is -2.34. The van der Waals surface area contributed by atoms with Gasteiger partial charge in [-0.1, -0.05) is 13.3 Å². The van der Waals surface area contributed by atoms with Gasteiger partial charge in [0.05, 0.1) is 24.1 Å². The molecule has 0 aromatic carbocycles. The van der Waals surface area contributed by atoms with Crippen LogP contribution in [0.25, 0.3) is 11.2 Å². The molecule has 9 heteroatoms. The van der Waals surface area contributed by atoms with E-state index in [4.69, 9.17) is 16.1 Å². The van der Waals surface area contributed by atoms with Crippen molar-refractivity contribution in [3.63, 3.8) is 0 Å². The van der Waals surface area contributed by atoms with Gasteiger partial charge in [-0.15, -0.1) is 0 Å². The standard InChI is InChI=1S/C19H21N9/c1-2-11-5-12(27-17-10-24-13(7-20)8-25-17)6-14(11)18(22)28-15-3-4-23-19(15)26-9-16(28)21/h3-4,8-12,14,21-23H,2,5-6H2,1H3,(H,25,27). The molecule has 3 unspecified atom stereocenters. The highest BCUT2D eigenvalue weighted by atomic mass is 15.1. The van der Waals surface area contributed by atoms with E-state index in [1.807, 2.05) is 12.1 Å². The van der Waals surface area contributed by atoms with Crippen LogP contribution >= 0.6 is 0 Å². The summed E-state index contributed by atoms with van der Waals surface area (Å²) in [5, 5.41) is 29.3. The molecule has 4 rings (SSSR count). The highest BCUT2D eigenvalue weighted by Crippen LogP contribution is 2.36. The Balaban J connectivity index is 1.57. The van der Waals surface area contributed by atoms with Crippen LogP contribution in [0.2, 0.25) is 0 Å². The molecule has 3 aromatic rings. The molecule has 28 heavy (non-hydrogen) atoms. The third-order valence-electron chi connectivity index (χ3n) is 5.43. The molecule has 3 aromatic heterocycles. The average Bonchev–Trinajstić information content (AvgIpc) is 3.34. The number of rotatable bonds is 4. The molecule has 1 aliphatic carbocycles. The minimum atomic E-state index is 0.0310. The molecular formula is C19H21N9. The molecule has 0 radical (unpaired) electrons. The maximum Gasteiger partial charge on any atom is 0.158 e. The molecule has 1 aliphatic rings. The van der Waals surface area contributed by atoms with E-state index in [0.717, 1.165) is 24.8 Å². The second-order valence-corrected chi connectivity index (χ2v) is 7.06. The van der Waals surface area contributed by atoms with Crippen LogP contribution in [0.1, 0.15) is 31.9 Å². The average molecular weight is 375 g/mol. The number of aromatic nitrogens is 5. The fraction of sp³-hybridized carbons (Fsp3) is 0.368. The lowest BCUT2D eigenvalue weighted by molar-refractivity contribution is 0.456. The lowest BCUT2D eigenvalue weighted by atomic mass is 9.92. The Kier molecular flexibility index (Phi) is 4.61. The van der Waals surface area contributed by atoms with E-state index >= 15 is 0 Å². The first-order valence-corrected chi connectivity index (χ1v) is 9.28. The minimum absolute atomic E-state index is 0.0310. The van der Waals surface area contributed by atoms with Crippen molar-refractivity contribution >= 4 is 22.8 Å². The Morgan fingerprint density at radius 2 is 2.18 bits per heavy atom. The Morgan fingerprint density at radius 3 is 2.89 bits per heavy atom. The van der Waals surface area contributed by atoms with Crippen molar-refractivity contribution in [1.29, 1.82) is 16.1 Å². The van der Waals surface area contributed by atoms with Crippen molar-refractivity contribution in [2.75, 3.05) is 5.32 Å². The molecule has 1 saturated carbocycles. The fourth-order valence-corrected chi connectivity index (χ4v) is 4.07. The maximum atomic E-state index is 8.85. The van der Waals surface area contributed by atoms with Crippen molar-refractivity contribution < 1.29 is 0 Å². The Morgan fingerprint density at radius 1 is 1.32 bits per heavy atom. The summed E-state index contributed by atoms with van der Waals surface area (Å²) in [5.74, 6) is 1.43. The zero-order valence-corrected chi connectivity index (χ0v) is 15.5. The molecule has 4 N–H and O–H groups in total. The van der Waals surface area contributed by atoms with Crippen LogP contribution in [0, 0.1) is 34.0 Å². The number of fused-ring (bicyclic) bond motifs is 1. The molecule has 142 valence electrons. The van der Waals surface area contributed by atoms with Crippen LogP contribution in [-0.2, 0) is 0 Å². The van der Waals surface area contributed by atoms with Gasteiger partial charge in [-0.3, -0.25) is 15.4 Å². The summed E-state index contributed by atoms with van der Waals surface area (Å²) in [4.78, 5) is 15.6. The third-order valence-corrected chi connectivity index (χ3v) is 5.43. The van der Waals surface area contributed by atoms with Gasteiger partial charge in [0, 0.05) is 18.2 Å². The zero-order valence-electron chi connectivity index (χ0n) is 15.5. The van der Waals surface area contributed by atoms with Crippen LogP contribution in [0.3, 0.4) is 0 Å². The van der Waals surface area contributed by atoms with Crippen molar-refractivity contribution in [2.45, 2.75) is 32.2 Å². The number of nitrogens with zero attached hydrogens (tertiary/aromatic N) is 5. The summed E-state index contributed by atoms with van der Waals surface area (Å²) >= 11 is 0. The topological polar surface area (TPSA) is 143 Å². The maximum absolute atomic E-state index is 8.85. The van der Waals surface area contributed by atoms with E-state index in [9.17, 15) is 0 Å². The van der Waals surface area contributed by atoms with Crippen molar-refractivity contribution in [3.05, 3.63) is 42.0 Å². The number of nitrogens with one attached hydrogen (secondary N) is 4. The quantitative estimate of drug-likeness (QED) is 0.408. The largest absolute Gasteiger partial charge is 0.366 e. The first-order chi connectivity index (χ1) is 13.6. The van der Waals surface area contributed by atoms with Crippen LogP contribution in [0.15, 0.2) is 30.9 Å². The Bertz CT molecular complexity index is 1100. The van der Waals surface area contributed by atoms with Crippen LogP contribution in [0.4, 0.5) is 5.82 Å². The van der Waals surface area contributed by atoms with Crippen LogP contribution in [-0.4, -0.2) is 36.4 Å². The molecule has 0 aliphatic heterocycles. The van der Waals surface area contributed by atoms with E-state index in [-0.39, 0.29) is 23.1 Å². The fourth-order valence-electron chi connectivity index (χ4n) is 4.07. The van der Waals surface area contributed by atoms with Crippen molar-refractivity contribution in [3.8, 4) is 6.07 Å². The molecule has 3 atom stereocenters. The molecule has 0 bridgehead atoms. The van der Waals surface area contributed by atoms with E-state index in [0.29, 0.717) is 23.2 Å². The Labute approximate surface area is 161 Å². The van der Waals surface area contributed by atoms with Gasteiger partial charge in [-0.2, -0.15) is 5.26 Å². The van der Waals surface area contributed by atoms with Gasteiger partial charge in [0.1, 0.15) is 23.2 Å². The van der Waals surface area contributed by atoms with E-state index < -0.39 is 0 Å². The minimum Gasteiger partial charge on any atom is -0.366 e. The number of aromatic amines is 1. The van der Waals surface area contributed by atoms with Crippen molar-refractivity contribution in [2.24, 2.45) is 11.8 Å². The van der Waals surface area contributed by atoms with Gasteiger partial charge in [0.15, 0.2) is 11.3 Å². The number of H-pyrrole nitrogens is 1. The summed E-state index contributed by atoms with van der Waals surface area (Å²) in [6.07, 6.45) is 8.93. The molecule has 0 amide bonds. The van der Waals surface area contributed by atoms with Crippen LogP contribution in [0.5, 0.6) is 0 Å². The number of anilines is 1. The second kappa shape index (κ2) is 7.23. The summed E-state index contributed by atoms with van der Waals surface area (Å²) in [7, 11) is 0. The zero-order chi connectivity index (χ0) is 19.7. The first kappa shape index (κ1) is 17.9. The molecule has 1 fully saturated rings. The van der Waals surface area contributed by atoms with E-state index in [1.165, 1.54) is 12.4 Å². The molecule has 9 nitrogen and oxygen atoms in total. The first-order valence-electron chi connectivity index (χ1n) is 9.28. The number of hydrogen-bond donors (Lipinski definition) is 4. The van der Waals surface area contributed by atoms with E-state index in [1.54, 1.807) is 17.0 Å². The predicted molar refractivity (Wildman–Crippen MR) is 104 cm³/mol. The predicted octanol–water partition coefficient (Wildman–Crippen LogP) is 2.25.